The molecule has 3 nitrogen and oxygen atoms in total. The molecule has 4 heteroatoms. The first-order valence-electron chi connectivity index (χ1n) is 5.75. The van der Waals surface area contributed by atoms with Crippen LogP contribution in [-0.4, -0.2) is 24.9 Å². The summed E-state index contributed by atoms with van der Waals surface area (Å²) < 4.78 is 5.50. The van der Waals surface area contributed by atoms with E-state index in [0.717, 1.165) is 12.2 Å². The Balaban J connectivity index is 2.07. The van der Waals surface area contributed by atoms with Crippen molar-refractivity contribution in [3.8, 4) is 5.75 Å². The molecule has 1 aromatic carbocycles. The van der Waals surface area contributed by atoms with Gasteiger partial charge >= 0.3 is 0 Å². The largest absolute Gasteiger partial charge is 0.494 e. The number of halogens is 1. The van der Waals surface area contributed by atoms with E-state index in [1.165, 1.54) is 0 Å². The molecule has 1 atom stereocenters. The number of hydrogen-bond acceptors (Lipinski definition) is 2. The molecule has 0 aliphatic heterocycles. The maximum absolute atomic E-state index is 11.4. The number of rotatable bonds is 7. The predicted molar refractivity (Wildman–Crippen MR) is 69.4 cm³/mol. The summed E-state index contributed by atoms with van der Waals surface area (Å²) in [7, 11) is 0. The van der Waals surface area contributed by atoms with E-state index in [-0.39, 0.29) is 11.8 Å². The minimum atomic E-state index is -0.133. The van der Waals surface area contributed by atoms with E-state index in [1.54, 1.807) is 0 Å². The van der Waals surface area contributed by atoms with Crippen LogP contribution >= 0.6 is 11.6 Å². The zero-order chi connectivity index (χ0) is 12.5. The molecule has 0 saturated carbocycles. The Hall–Kier alpha value is -1.22. The number of carbonyl (C=O) groups excluding carboxylic acids is 1. The molecule has 1 aromatic rings. The molecule has 0 fully saturated rings. The van der Waals surface area contributed by atoms with Gasteiger partial charge < -0.3 is 10.1 Å². The first kappa shape index (κ1) is 13.8. The topological polar surface area (TPSA) is 38.3 Å². The van der Waals surface area contributed by atoms with Gasteiger partial charge in [0.2, 0.25) is 5.91 Å². The molecule has 1 unspecified atom stereocenters. The van der Waals surface area contributed by atoms with Crippen LogP contribution in [0.5, 0.6) is 5.75 Å². The van der Waals surface area contributed by atoms with Crippen molar-refractivity contribution in [3.05, 3.63) is 30.3 Å². The van der Waals surface area contributed by atoms with Crippen molar-refractivity contribution in [2.75, 3.05) is 19.0 Å². The van der Waals surface area contributed by atoms with E-state index in [4.69, 9.17) is 16.3 Å². The molecule has 94 valence electrons. The second-order valence-corrected chi connectivity index (χ2v) is 4.17. The maximum Gasteiger partial charge on any atom is 0.224 e. The summed E-state index contributed by atoms with van der Waals surface area (Å²) >= 11 is 5.58. The van der Waals surface area contributed by atoms with Crippen molar-refractivity contribution >= 4 is 17.5 Å². The summed E-state index contributed by atoms with van der Waals surface area (Å²) in [5, 5.41) is 2.82. The third-order valence-electron chi connectivity index (χ3n) is 2.31. The molecular formula is C13H18ClNO2. The highest BCUT2D eigenvalue weighted by atomic mass is 35.5. The van der Waals surface area contributed by atoms with E-state index in [1.807, 2.05) is 37.3 Å². The van der Waals surface area contributed by atoms with Gasteiger partial charge in [-0.05, 0) is 18.6 Å². The second kappa shape index (κ2) is 7.96. The van der Waals surface area contributed by atoms with Crippen LogP contribution in [0.15, 0.2) is 30.3 Å². The highest BCUT2D eigenvalue weighted by Crippen LogP contribution is 2.08. The minimum Gasteiger partial charge on any atom is -0.494 e. The Morgan fingerprint density at radius 2 is 2.12 bits per heavy atom. The Labute approximate surface area is 107 Å². The maximum atomic E-state index is 11.4. The molecule has 0 aliphatic rings. The summed E-state index contributed by atoms with van der Waals surface area (Å²) in [6, 6.07) is 9.63. The number of carbonyl (C=O) groups is 1. The van der Waals surface area contributed by atoms with Crippen LogP contribution in [-0.2, 0) is 4.79 Å². The fraction of sp³-hybridized carbons (Fsp3) is 0.462. The van der Waals surface area contributed by atoms with E-state index in [0.29, 0.717) is 19.0 Å². The number of alkyl halides is 1. The molecule has 0 aromatic heterocycles. The Bertz CT molecular complexity index is 329. The van der Waals surface area contributed by atoms with Crippen molar-refractivity contribution in [1.82, 2.24) is 5.32 Å². The Morgan fingerprint density at radius 1 is 1.41 bits per heavy atom. The van der Waals surface area contributed by atoms with Gasteiger partial charge in [0.05, 0.1) is 6.61 Å². The average Bonchev–Trinajstić information content (AvgIpc) is 2.38. The van der Waals surface area contributed by atoms with Gasteiger partial charge in [0.1, 0.15) is 5.75 Å². The van der Waals surface area contributed by atoms with Crippen LogP contribution in [0.3, 0.4) is 0 Å². The highest BCUT2D eigenvalue weighted by Gasteiger charge is 2.09. The Kier molecular flexibility index (Phi) is 6.48. The van der Waals surface area contributed by atoms with Crippen LogP contribution in [0.2, 0.25) is 0 Å². The molecule has 1 N–H and O–H groups in total. The second-order valence-electron chi connectivity index (χ2n) is 3.86. The number of amides is 1. The molecule has 1 rings (SSSR count). The molecule has 0 bridgehead atoms. The molecule has 0 spiro atoms. The lowest BCUT2D eigenvalue weighted by molar-refractivity contribution is -0.123. The Morgan fingerprint density at radius 3 is 2.76 bits per heavy atom. The molecular weight excluding hydrogens is 238 g/mol. The van der Waals surface area contributed by atoms with Crippen LogP contribution in [0, 0.1) is 5.92 Å². The van der Waals surface area contributed by atoms with Gasteiger partial charge in [0.25, 0.3) is 0 Å². The van der Waals surface area contributed by atoms with Gasteiger partial charge in [-0.3, -0.25) is 4.79 Å². The van der Waals surface area contributed by atoms with Crippen LogP contribution < -0.4 is 10.1 Å². The smallest absolute Gasteiger partial charge is 0.224 e. The van der Waals surface area contributed by atoms with Crippen molar-refractivity contribution in [2.24, 2.45) is 5.92 Å². The third-order valence-corrected chi connectivity index (χ3v) is 2.77. The van der Waals surface area contributed by atoms with Crippen LogP contribution in [0.25, 0.3) is 0 Å². The van der Waals surface area contributed by atoms with Crippen LogP contribution in [0.1, 0.15) is 13.3 Å². The number of ether oxygens (including phenoxy) is 1. The lowest BCUT2D eigenvalue weighted by atomic mass is 10.2. The SMILES string of the molecule is CC(CCl)C(=O)NCCCOc1ccccc1. The summed E-state index contributed by atoms with van der Waals surface area (Å²) in [6.45, 7) is 3.02. The zero-order valence-electron chi connectivity index (χ0n) is 9.99. The van der Waals surface area contributed by atoms with Gasteiger partial charge in [-0.1, -0.05) is 25.1 Å². The highest BCUT2D eigenvalue weighted by molar-refractivity contribution is 6.19. The fourth-order valence-corrected chi connectivity index (χ4v) is 1.37. The van der Waals surface area contributed by atoms with Crippen molar-refractivity contribution in [2.45, 2.75) is 13.3 Å². The lowest BCUT2D eigenvalue weighted by Gasteiger charge is -2.09. The molecule has 0 heterocycles. The molecule has 17 heavy (non-hydrogen) atoms. The standard InChI is InChI=1S/C13H18ClNO2/c1-11(10-14)13(16)15-8-5-9-17-12-6-3-2-4-7-12/h2-4,6-7,11H,5,8-10H2,1H3,(H,15,16). The minimum absolute atomic E-state index is 0.000267. The lowest BCUT2D eigenvalue weighted by Crippen LogP contribution is -2.31. The number of para-hydroxylation sites is 1. The summed E-state index contributed by atoms with van der Waals surface area (Å²) in [5.74, 6) is 1.08. The normalized spacial score (nSPS) is 11.9. The van der Waals surface area contributed by atoms with Gasteiger partial charge in [-0.2, -0.15) is 0 Å². The molecule has 0 saturated heterocycles. The van der Waals surface area contributed by atoms with Gasteiger partial charge in [-0.25, -0.2) is 0 Å². The number of hydrogen-bond donors (Lipinski definition) is 1. The summed E-state index contributed by atoms with van der Waals surface area (Å²) in [6.07, 6.45) is 0.787. The quantitative estimate of drug-likeness (QED) is 0.600. The number of nitrogens with one attached hydrogen (secondary N) is 1. The average molecular weight is 256 g/mol. The molecule has 1 amide bonds. The van der Waals surface area contributed by atoms with Crippen molar-refractivity contribution in [1.29, 1.82) is 0 Å². The third kappa shape index (κ3) is 5.59. The van der Waals surface area contributed by atoms with E-state index in [2.05, 4.69) is 5.32 Å². The first-order chi connectivity index (χ1) is 8.24. The predicted octanol–water partition coefficient (Wildman–Crippen LogP) is 2.45. The molecule has 0 aliphatic carbocycles. The summed E-state index contributed by atoms with van der Waals surface area (Å²) in [5.41, 5.74) is 0. The first-order valence-corrected chi connectivity index (χ1v) is 6.29. The summed E-state index contributed by atoms with van der Waals surface area (Å²) in [4.78, 5) is 11.4. The van der Waals surface area contributed by atoms with Crippen molar-refractivity contribution < 1.29 is 9.53 Å². The van der Waals surface area contributed by atoms with Crippen LogP contribution in [0.4, 0.5) is 0 Å². The number of benzene rings is 1. The monoisotopic (exact) mass is 255 g/mol. The van der Waals surface area contributed by atoms with E-state index >= 15 is 0 Å². The van der Waals surface area contributed by atoms with Crippen molar-refractivity contribution in [3.63, 3.8) is 0 Å². The van der Waals surface area contributed by atoms with Gasteiger partial charge in [0, 0.05) is 18.3 Å². The van der Waals surface area contributed by atoms with E-state index in [9.17, 15) is 4.79 Å². The zero-order valence-corrected chi connectivity index (χ0v) is 10.7. The van der Waals surface area contributed by atoms with E-state index < -0.39 is 0 Å². The molecule has 0 radical (unpaired) electrons. The fourth-order valence-electron chi connectivity index (χ4n) is 1.23. The van der Waals surface area contributed by atoms with Gasteiger partial charge in [-0.15, -0.1) is 11.6 Å². The van der Waals surface area contributed by atoms with Gasteiger partial charge in [0.15, 0.2) is 0 Å².